The van der Waals surface area contributed by atoms with Crippen molar-refractivity contribution >= 4 is 33.4 Å². The van der Waals surface area contributed by atoms with Crippen molar-refractivity contribution in [1.29, 1.82) is 0 Å². The number of hydrogen-bond acceptors (Lipinski definition) is 5. The molecule has 0 saturated heterocycles. The summed E-state index contributed by atoms with van der Waals surface area (Å²) in [5, 5.41) is 12.6. The van der Waals surface area contributed by atoms with Crippen LogP contribution in [-0.2, 0) is 29.0 Å². The van der Waals surface area contributed by atoms with Gasteiger partial charge < -0.3 is 15.2 Å². The molecule has 3 aromatic rings. The van der Waals surface area contributed by atoms with Gasteiger partial charge >= 0.3 is 12.3 Å². The van der Waals surface area contributed by atoms with Crippen molar-refractivity contribution in [3.63, 3.8) is 0 Å². The molecule has 2 aromatic carbocycles. The minimum atomic E-state index is -4.79. The molecule has 2 N–H and O–H groups in total. The molecule has 0 bridgehead atoms. The van der Waals surface area contributed by atoms with Crippen LogP contribution in [0, 0.1) is 5.41 Å². The zero-order chi connectivity index (χ0) is 22.2. The number of aromatic nitrogens is 1. The van der Waals surface area contributed by atoms with Crippen LogP contribution in [0.25, 0.3) is 10.2 Å². The molecule has 1 aromatic heterocycles. The number of ether oxygens (including phenoxy) is 1. The smallest absolute Gasteiger partial charge is 0.481 e. The summed E-state index contributed by atoms with van der Waals surface area (Å²) >= 11 is 1.13. The first kappa shape index (κ1) is 21.1. The molecule has 0 fully saturated rings. The van der Waals surface area contributed by atoms with Crippen molar-refractivity contribution in [2.24, 2.45) is 5.41 Å². The zero-order valence-electron chi connectivity index (χ0n) is 16.0. The van der Waals surface area contributed by atoms with Crippen LogP contribution in [0.2, 0.25) is 0 Å². The molecule has 1 aliphatic rings. The highest BCUT2D eigenvalue weighted by Crippen LogP contribution is 2.40. The Labute approximate surface area is 178 Å². The Bertz CT molecular complexity index is 1130. The van der Waals surface area contributed by atoms with Gasteiger partial charge in [0, 0.05) is 0 Å². The van der Waals surface area contributed by atoms with Gasteiger partial charge in [-0.2, -0.15) is 0 Å². The molecular weight excluding hydrogens is 433 g/mol. The third-order valence-electron chi connectivity index (χ3n) is 5.19. The fraction of sp³-hybridized carbons (Fsp3) is 0.286. The Kier molecular flexibility index (Phi) is 5.34. The van der Waals surface area contributed by atoms with Gasteiger partial charge in [0.15, 0.2) is 0 Å². The van der Waals surface area contributed by atoms with Gasteiger partial charge in [-0.25, -0.2) is 4.98 Å². The van der Waals surface area contributed by atoms with Crippen LogP contribution >= 0.6 is 11.3 Å². The Balaban J connectivity index is 1.49. The number of amides is 1. The summed E-state index contributed by atoms with van der Waals surface area (Å²) in [5.41, 5.74) is 1.31. The number of carbonyl (C=O) groups is 2. The molecule has 0 saturated carbocycles. The van der Waals surface area contributed by atoms with E-state index in [-0.39, 0.29) is 24.6 Å². The molecule has 1 heterocycles. The number of carboxylic acids is 1. The highest BCUT2D eigenvalue weighted by molar-refractivity contribution is 7.18. The van der Waals surface area contributed by atoms with Gasteiger partial charge in [-0.3, -0.25) is 9.59 Å². The molecule has 1 amide bonds. The van der Waals surface area contributed by atoms with Gasteiger partial charge in [0.2, 0.25) is 5.91 Å². The predicted molar refractivity (Wildman–Crippen MR) is 107 cm³/mol. The largest absolute Gasteiger partial charge is 0.573 e. The van der Waals surface area contributed by atoms with Crippen molar-refractivity contribution in [3.8, 4) is 5.75 Å². The van der Waals surface area contributed by atoms with E-state index in [9.17, 15) is 27.9 Å². The van der Waals surface area contributed by atoms with Crippen LogP contribution in [0.4, 0.5) is 13.2 Å². The maximum atomic E-state index is 13.0. The summed E-state index contributed by atoms with van der Waals surface area (Å²) in [4.78, 5) is 28.8. The molecule has 4 rings (SSSR count). The van der Waals surface area contributed by atoms with E-state index in [4.69, 9.17) is 0 Å². The normalized spacial score (nSPS) is 14.9. The molecule has 0 unspecified atom stereocenters. The first-order chi connectivity index (χ1) is 14.6. The Morgan fingerprint density at radius 1 is 1.16 bits per heavy atom. The van der Waals surface area contributed by atoms with Crippen molar-refractivity contribution in [2.45, 2.75) is 32.2 Å². The summed E-state index contributed by atoms with van der Waals surface area (Å²) in [7, 11) is 0. The minimum absolute atomic E-state index is 0.0470. The van der Waals surface area contributed by atoms with Crippen LogP contribution < -0.4 is 10.1 Å². The lowest BCUT2D eigenvalue weighted by Gasteiger charge is -2.25. The van der Waals surface area contributed by atoms with Crippen molar-refractivity contribution < 1.29 is 32.6 Å². The molecular formula is C21H17F3N2O4S. The van der Waals surface area contributed by atoms with Crippen LogP contribution in [0.3, 0.4) is 0 Å². The lowest BCUT2D eigenvalue weighted by molar-refractivity contribution is -0.274. The molecule has 10 heteroatoms. The maximum absolute atomic E-state index is 13.0. The van der Waals surface area contributed by atoms with E-state index >= 15 is 0 Å². The van der Waals surface area contributed by atoms with Crippen molar-refractivity contribution in [2.75, 3.05) is 0 Å². The minimum Gasteiger partial charge on any atom is -0.481 e. The average molecular weight is 450 g/mol. The quantitative estimate of drug-likeness (QED) is 0.591. The number of aliphatic carboxylic acids is 1. The molecule has 162 valence electrons. The number of carboxylic acid groups (broad SMARTS) is 1. The number of nitrogens with zero attached hydrogens (tertiary/aromatic N) is 1. The summed E-state index contributed by atoms with van der Waals surface area (Å²) in [6, 6.07) is 11.3. The molecule has 1 aliphatic carbocycles. The van der Waals surface area contributed by atoms with Crippen molar-refractivity contribution in [1.82, 2.24) is 10.3 Å². The number of halogens is 3. The Morgan fingerprint density at radius 2 is 1.84 bits per heavy atom. The first-order valence-corrected chi connectivity index (χ1v) is 10.2. The first-order valence-electron chi connectivity index (χ1n) is 9.36. The lowest BCUT2D eigenvalue weighted by atomic mass is 9.80. The number of thiazole rings is 1. The van der Waals surface area contributed by atoms with Gasteiger partial charge in [0.1, 0.15) is 10.8 Å². The van der Waals surface area contributed by atoms with E-state index in [1.807, 2.05) is 24.3 Å². The lowest BCUT2D eigenvalue weighted by Crippen LogP contribution is -2.43. The van der Waals surface area contributed by atoms with Crippen LogP contribution in [0.5, 0.6) is 5.75 Å². The fourth-order valence-electron chi connectivity index (χ4n) is 3.92. The SMILES string of the molecule is O=C(O)CC1(C(=O)NCc2nc3ccc(OC(F)(F)F)cc3s2)Cc2ccccc2C1. The number of alkyl halides is 3. The highest BCUT2D eigenvalue weighted by Gasteiger charge is 2.45. The van der Waals surface area contributed by atoms with E-state index in [1.165, 1.54) is 18.2 Å². The van der Waals surface area contributed by atoms with Crippen LogP contribution in [-0.4, -0.2) is 28.3 Å². The van der Waals surface area contributed by atoms with Gasteiger partial charge in [0.25, 0.3) is 0 Å². The average Bonchev–Trinajstić information content (AvgIpc) is 3.24. The second-order valence-corrected chi connectivity index (χ2v) is 8.56. The number of carbonyl (C=O) groups excluding carboxylic acids is 1. The number of hydrogen-bond donors (Lipinski definition) is 2. The summed E-state index contributed by atoms with van der Waals surface area (Å²) in [5.74, 6) is -1.78. The second-order valence-electron chi connectivity index (χ2n) is 7.44. The van der Waals surface area contributed by atoms with E-state index in [1.54, 1.807) is 0 Å². The molecule has 6 nitrogen and oxygen atoms in total. The van der Waals surface area contributed by atoms with Gasteiger partial charge in [0.05, 0.1) is 28.6 Å². The molecule has 0 atom stereocenters. The van der Waals surface area contributed by atoms with E-state index in [2.05, 4.69) is 15.0 Å². The van der Waals surface area contributed by atoms with Crippen LogP contribution in [0.15, 0.2) is 42.5 Å². The third-order valence-corrected chi connectivity index (χ3v) is 6.20. The standard InChI is InChI=1S/C21H17F3N2O4S/c22-21(23,24)30-14-5-6-15-16(7-14)31-17(26-15)11-25-19(29)20(10-18(27)28)8-12-3-1-2-4-13(12)9-20/h1-7H,8-11H2,(H,25,29)(H,27,28). The number of benzene rings is 2. The maximum Gasteiger partial charge on any atom is 0.573 e. The highest BCUT2D eigenvalue weighted by atomic mass is 32.1. The zero-order valence-corrected chi connectivity index (χ0v) is 16.8. The van der Waals surface area contributed by atoms with E-state index in [0.29, 0.717) is 28.1 Å². The molecule has 0 aliphatic heterocycles. The summed E-state index contributed by atoms with van der Waals surface area (Å²) in [6.45, 7) is 0.0470. The van der Waals surface area contributed by atoms with Crippen LogP contribution in [0.1, 0.15) is 22.6 Å². The van der Waals surface area contributed by atoms with E-state index < -0.39 is 17.7 Å². The summed E-state index contributed by atoms with van der Waals surface area (Å²) < 4.78 is 41.6. The number of nitrogens with one attached hydrogen (secondary N) is 1. The van der Waals surface area contributed by atoms with Crippen molar-refractivity contribution in [3.05, 3.63) is 58.6 Å². The van der Waals surface area contributed by atoms with Gasteiger partial charge in [-0.05, 0) is 42.2 Å². The Hall–Kier alpha value is -3.14. The third kappa shape index (κ3) is 4.63. The molecule has 0 radical (unpaired) electrons. The van der Waals surface area contributed by atoms with Gasteiger partial charge in [-0.15, -0.1) is 24.5 Å². The Morgan fingerprint density at radius 3 is 2.45 bits per heavy atom. The predicted octanol–water partition coefficient (Wildman–Crippen LogP) is 4.07. The summed E-state index contributed by atoms with van der Waals surface area (Å²) in [6.07, 6.45) is -4.42. The van der Waals surface area contributed by atoms with Gasteiger partial charge in [-0.1, -0.05) is 24.3 Å². The fourth-order valence-corrected chi connectivity index (χ4v) is 4.85. The number of fused-ring (bicyclic) bond motifs is 2. The number of rotatable bonds is 6. The molecule has 0 spiro atoms. The monoisotopic (exact) mass is 450 g/mol. The van der Waals surface area contributed by atoms with E-state index in [0.717, 1.165) is 22.5 Å². The topological polar surface area (TPSA) is 88.5 Å². The molecule has 31 heavy (non-hydrogen) atoms. The second kappa shape index (κ2) is 7.84.